The van der Waals surface area contributed by atoms with Crippen molar-refractivity contribution in [3.05, 3.63) is 83.8 Å². The van der Waals surface area contributed by atoms with Crippen molar-refractivity contribution in [1.82, 2.24) is 19.9 Å². The van der Waals surface area contributed by atoms with E-state index in [4.69, 9.17) is 19.9 Å². The zero-order valence-corrected chi connectivity index (χ0v) is 26.7. The second-order valence-electron chi connectivity index (χ2n) is 10.8. The number of imidazole rings is 1. The summed E-state index contributed by atoms with van der Waals surface area (Å²) < 4.78 is 12.2. The van der Waals surface area contributed by atoms with Gasteiger partial charge in [-0.15, -0.1) is 0 Å². The molecule has 1 unspecified atom stereocenters. The predicted molar refractivity (Wildman–Crippen MR) is 178 cm³/mol. The molecule has 4 rings (SSSR count). The third kappa shape index (κ3) is 9.27. The highest BCUT2D eigenvalue weighted by atomic mass is 16.5. The lowest BCUT2D eigenvalue weighted by Crippen LogP contribution is -2.32. The van der Waals surface area contributed by atoms with Crippen LogP contribution in [0.2, 0.25) is 0 Å². The lowest BCUT2D eigenvalue weighted by Gasteiger charge is -2.29. The summed E-state index contributed by atoms with van der Waals surface area (Å²) in [5, 5.41) is 25.4. The van der Waals surface area contributed by atoms with Crippen LogP contribution in [0.1, 0.15) is 69.1 Å². The first-order valence-corrected chi connectivity index (χ1v) is 15.6. The first-order valence-electron chi connectivity index (χ1n) is 15.6. The Hall–Kier alpha value is -4.97. The fraction of sp³-hybridized carbons (Fsp3) is 0.382. The number of carbonyl (C=O) groups is 2. The third-order valence-corrected chi connectivity index (χ3v) is 7.48. The number of aliphatic hydroxyl groups excluding tert-OH is 1. The molecule has 244 valence electrons. The van der Waals surface area contributed by atoms with E-state index in [9.17, 15) is 14.7 Å². The fourth-order valence-electron chi connectivity index (χ4n) is 4.94. The zero-order chi connectivity index (χ0) is 32.9. The number of esters is 1. The van der Waals surface area contributed by atoms with Crippen LogP contribution in [0.15, 0.2) is 66.9 Å². The van der Waals surface area contributed by atoms with E-state index in [1.165, 1.54) is 0 Å². The van der Waals surface area contributed by atoms with Crippen molar-refractivity contribution in [3.8, 4) is 0 Å². The van der Waals surface area contributed by atoms with E-state index in [0.29, 0.717) is 42.2 Å². The minimum Gasteiger partial charge on any atom is -0.466 e. The number of benzene rings is 2. The van der Waals surface area contributed by atoms with Crippen LogP contribution in [-0.4, -0.2) is 57.3 Å². The lowest BCUT2D eigenvalue weighted by atomic mass is 10.1. The largest absolute Gasteiger partial charge is 0.466 e. The van der Waals surface area contributed by atoms with E-state index in [-0.39, 0.29) is 24.8 Å². The number of aryl methyl sites for hydroxylation is 1. The van der Waals surface area contributed by atoms with E-state index < -0.39 is 12.3 Å². The number of aliphatic hydroxyl groups is 1. The number of aromatic nitrogens is 3. The zero-order valence-electron chi connectivity index (χ0n) is 26.7. The van der Waals surface area contributed by atoms with E-state index in [1.54, 1.807) is 42.3 Å². The van der Waals surface area contributed by atoms with Gasteiger partial charge in [0.05, 0.1) is 37.2 Å². The molecule has 0 fully saturated rings. The summed E-state index contributed by atoms with van der Waals surface area (Å²) in [7, 11) is 1.93. The average molecular weight is 630 g/mol. The molecule has 0 spiro atoms. The van der Waals surface area contributed by atoms with Gasteiger partial charge < -0.3 is 29.4 Å². The summed E-state index contributed by atoms with van der Waals surface area (Å²) in [6.45, 7) is 5.18. The van der Waals surface area contributed by atoms with Gasteiger partial charge in [0, 0.05) is 36.6 Å². The number of carbonyl (C=O) groups excluding carboxylic acids is 2. The minimum atomic E-state index is -1.06. The second kappa shape index (κ2) is 16.9. The molecule has 2 aromatic carbocycles. The van der Waals surface area contributed by atoms with Crippen LogP contribution >= 0.6 is 0 Å². The SMILES string of the molecule is CCCCCCOC(=O)NC(=N)c1ccc(NCc2nc3cc(C(O)N(CCC(=O)OCC)c4ccccn4)ccc3n2C)cc1. The molecule has 0 saturated heterocycles. The summed E-state index contributed by atoms with van der Waals surface area (Å²) in [4.78, 5) is 34.9. The number of fused-ring (bicyclic) bond motifs is 1. The van der Waals surface area contributed by atoms with Gasteiger partial charge in [-0.2, -0.15) is 0 Å². The monoisotopic (exact) mass is 629 g/mol. The number of rotatable bonds is 16. The maximum Gasteiger partial charge on any atom is 0.412 e. The molecule has 0 bridgehead atoms. The first kappa shape index (κ1) is 33.9. The number of alkyl carbamates (subject to hydrolysis) is 1. The highest BCUT2D eigenvalue weighted by molar-refractivity contribution is 6.04. The Kier molecular flexibility index (Phi) is 12.5. The van der Waals surface area contributed by atoms with E-state index in [2.05, 4.69) is 22.5 Å². The molecule has 46 heavy (non-hydrogen) atoms. The van der Waals surface area contributed by atoms with Crippen molar-refractivity contribution in [3.63, 3.8) is 0 Å². The molecule has 0 saturated carbocycles. The molecule has 2 aromatic heterocycles. The van der Waals surface area contributed by atoms with E-state index in [1.807, 2.05) is 48.0 Å². The molecular weight excluding hydrogens is 586 g/mol. The van der Waals surface area contributed by atoms with Gasteiger partial charge in [-0.1, -0.05) is 38.3 Å². The third-order valence-electron chi connectivity index (χ3n) is 7.48. The molecule has 0 aliphatic carbocycles. The number of nitrogens with zero attached hydrogens (tertiary/aromatic N) is 4. The van der Waals surface area contributed by atoms with Crippen LogP contribution in [0.4, 0.5) is 16.3 Å². The highest BCUT2D eigenvalue weighted by Gasteiger charge is 2.22. The number of unbranched alkanes of at least 4 members (excludes halogenated alkanes) is 3. The van der Waals surface area contributed by atoms with Crippen molar-refractivity contribution < 1.29 is 24.2 Å². The van der Waals surface area contributed by atoms with Gasteiger partial charge >= 0.3 is 12.1 Å². The van der Waals surface area contributed by atoms with Crippen LogP contribution in [0.25, 0.3) is 11.0 Å². The molecule has 1 atom stereocenters. The predicted octanol–water partition coefficient (Wildman–Crippen LogP) is 5.66. The van der Waals surface area contributed by atoms with Gasteiger partial charge in [-0.3, -0.25) is 15.5 Å². The van der Waals surface area contributed by atoms with Crippen molar-refractivity contribution in [1.29, 1.82) is 5.41 Å². The van der Waals surface area contributed by atoms with Gasteiger partial charge in [-0.05, 0) is 61.9 Å². The summed E-state index contributed by atoms with van der Waals surface area (Å²) in [6, 6.07) is 18.2. The van der Waals surface area contributed by atoms with Gasteiger partial charge in [0.25, 0.3) is 0 Å². The number of nitrogens with one attached hydrogen (secondary N) is 3. The molecule has 1 amide bonds. The second-order valence-corrected chi connectivity index (χ2v) is 10.8. The Morgan fingerprint density at radius 2 is 1.85 bits per heavy atom. The smallest absolute Gasteiger partial charge is 0.412 e. The Bertz CT molecular complexity index is 1590. The van der Waals surface area contributed by atoms with Gasteiger partial charge in [0.15, 0.2) is 6.23 Å². The average Bonchev–Trinajstić information content (AvgIpc) is 3.38. The number of amidine groups is 1. The van der Waals surface area contributed by atoms with Crippen LogP contribution in [0, 0.1) is 5.41 Å². The standard InChI is InChI=1S/C34H43N7O5/c1-4-6-7-10-21-46-34(44)39-32(35)24-12-15-26(16-13-24)37-23-30-38-27-22-25(14-17-28(27)40(30)3)33(43)41(20-18-31(42)45-5-2)29-11-8-9-19-36-29/h8-9,11-17,19,22,33,37,43H,4-7,10,18,20-21,23H2,1-3H3,(H2,35,39,44). The van der Waals surface area contributed by atoms with E-state index in [0.717, 1.165) is 42.7 Å². The number of anilines is 2. The van der Waals surface area contributed by atoms with Crippen molar-refractivity contribution in [2.24, 2.45) is 7.05 Å². The van der Waals surface area contributed by atoms with Gasteiger partial charge in [0.1, 0.15) is 17.5 Å². The minimum absolute atomic E-state index is 0.0269. The normalized spacial score (nSPS) is 11.6. The van der Waals surface area contributed by atoms with Crippen molar-refractivity contribution in [2.45, 2.75) is 58.7 Å². The molecule has 12 nitrogen and oxygen atoms in total. The summed E-state index contributed by atoms with van der Waals surface area (Å²) in [6.07, 6.45) is 4.11. The Morgan fingerprint density at radius 1 is 1.04 bits per heavy atom. The van der Waals surface area contributed by atoms with Gasteiger partial charge in [0.2, 0.25) is 0 Å². The summed E-state index contributed by atoms with van der Waals surface area (Å²) >= 11 is 0. The number of amides is 1. The summed E-state index contributed by atoms with van der Waals surface area (Å²) in [5.41, 5.74) is 3.62. The quantitative estimate of drug-likeness (QED) is 0.0404. The molecular formula is C34H43N7O5. The Labute approximate surface area is 269 Å². The lowest BCUT2D eigenvalue weighted by molar-refractivity contribution is -0.142. The Balaban J connectivity index is 1.38. The fourth-order valence-corrected chi connectivity index (χ4v) is 4.94. The van der Waals surface area contributed by atoms with Crippen LogP contribution in [0.3, 0.4) is 0 Å². The molecule has 2 heterocycles. The molecule has 0 radical (unpaired) electrons. The van der Waals surface area contributed by atoms with Crippen molar-refractivity contribution in [2.75, 3.05) is 30.0 Å². The number of pyridine rings is 1. The van der Waals surface area contributed by atoms with Crippen LogP contribution < -0.4 is 15.5 Å². The molecule has 4 aromatic rings. The molecule has 0 aliphatic heterocycles. The molecule has 4 N–H and O–H groups in total. The number of ether oxygens (including phenoxy) is 2. The topological polar surface area (TPSA) is 155 Å². The molecule has 12 heteroatoms. The maximum atomic E-state index is 12.1. The number of hydrogen-bond acceptors (Lipinski definition) is 10. The van der Waals surface area contributed by atoms with Crippen LogP contribution in [0.5, 0.6) is 0 Å². The van der Waals surface area contributed by atoms with Crippen LogP contribution in [-0.2, 0) is 27.9 Å². The summed E-state index contributed by atoms with van der Waals surface area (Å²) in [5.74, 6) is 0.956. The first-order chi connectivity index (χ1) is 22.3. The Morgan fingerprint density at radius 3 is 2.57 bits per heavy atom. The highest BCUT2D eigenvalue weighted by Crippen LogP contribution is 2.27. The van der Waals surface area contributed by atoms with Gasteiger partial charge in [-0.25, -0.2) is 14.8 Å². The molecule has 0 aliphatic rings. The van der Waals surface area contributed by atoms with E-state index >= 15 is 0 Å². The number of hydrogen-bond donors (Lipinski definition) is 4. The maximum absolute atomic E-state index is 12.1. The van der Waals surface area contributed by atoms with Crippen molar-refractivity contribution >= 4 is 40.4 Å².